The Balaban J connectivity index is 2.13. The molecule has 1 heterocycles. The van der Waals surface area contributed by atoms with Crippen LogP contribution in [0.15, 0.2) is 30.3 Å². The third-order valence-electron chi connectivity index (χ3n) is 4.33. The number of aliphatic carboxylic acids is 1. The maximum atomic E-state index is 12.3. The Kier molecular flexibility index (Phi) is 5.55. The summed E-state index contributed by atoms with van der Waals surface area (Å²) in [4.78, 5) is 24.2. The largest absolute Gasteiger partial charge is 0.479 e. The summed E-state index contributed by atoms with van der Waals surface area (Å²) in [5, 5.41) is 12.5. The van der Waals surface area contributed by atoms with Gasteiger partial charge in [0.05, 0.1) is 0 Å². The van der Waals surface area contributed by atoms with Gasteiger partial charge in [0.2, 0.25) is 5.91 Å². The maximum absolute atomic E-state index is 12.3. The zero-order chi connectivity index (χ0) is 16.0. The third kappa shape index (κ3) is 3.65. The number of carbonyl (C=O) groups excluding carboxylic acids is 1. The molecule has 5 heteroatoms. The number of nitrogens with one attached hydrogen (secondary N) is 1. The molecule has 0 saturated carbocycles. The Morgan fingerprint density at radius 3 is 2.45 bits per heavy atom. The normalized spacial score (nSPS) is 18.4. The van der Waals surface area contributed by atoms with Gasteiger partial charge < -0.3 is 15.2 Å². The maximum Gasteiger partial charge on any atom is 0.334 e. The summed E-state index contributed by atoms with van der Waals surface area (Å²) in [6.07, 6.45) is 2.35. The van der Waals surface area contributed by atoms with Crippen molar-refractivity contribution in [3.63, 3.8) is 0 Å². The van der Waals surface area contributed by atoms with Crippen LogP contribution in [-0.4, -0.2) is 30.2 Å². The van der Waals surface area contributed by atoms with Crippen molar-refractivity contribution in [2.24, 2.45) is 5.92 Å². The van der Waals surface area contributed by atoms with Crippen LogP contribution in [0.2, 0.25) is 0 Å². The quantitative estimate of drug-likeness (QED) is 0.845. The average molecular weight is 305 g/mol. The summed E-state index contributed by atoms with van der Waals surface area (Å²) in [5.74, 6) is -0.964. The van der Waals surface area contributed by atoms with E-state index in [1.165, 1.54) is 0 Å². The van der Waals surface area contributed by atoms with Gasteiger partial charge in [0.15, 0.2) is 5.54 Å². The second-order valence-corrected chi connectivity index (χ2v) is 5.74. The van der Waals surface area contributed by atoms with Crippen molar-refractivity contribution < 1.29 is 19.4 Å². The van der Waals surface area contributed by atoms with Crippen LogP contribution in [0.3, 0.4) is 0 Å². The molecule has 1 aromatic rings. The molecule has 1 amide bonds. The van der Waals surface area contributed by atoms with Crippen LogP contribution < -0.4 is 5.32 Å². The minimum absolute atomic E-state index is 0.208. The fourth-order valence-corrected chi connectivity index (χ4v) is 2.92. The zero-order valence-corrected chi connectivity index (χ0v) is 12.9. The summed E-state index contributed by atoms with van der Waals surface area (Å²) in [5.41, 5.74) is -0.755. The van der Waals surface area contributed by atoms with Crippen molar-refractivity contribution in [2.45, 2.75) is 38.1 Å². The first kappa shape index (κ1) is 16.5. The van der Waals surface area contributed by atoms with Crippen molar-refractivity contribution in [2.75, 3.05) is 13.2 Å². The van der Waals surface area contributed by atoms with E-state index in [4.69, 9.17) is 4.74 Å². The predicted octanol–water partition coefficient (Wildman–Crippen LogP) is 2.31. The molecule has 5 nitrogen and oxygen atoms in total. The Labute approximate surface area is 130 Å². The second kappa shape index (κ2) is 7.40. The molecule has 0 aliphatic carbocycles. The molecule has 1 aromatic carbocycles. The topological polar surface area (TPSA) is 75.6 Å². The molecule has 2 rings (SSSR count). The highest BCUT2D eigenvalue weighted by molar-refractivity contribution is 5.88. The van der Waals surface area contributed by atoms with Gasteiger partial charge in [-0.2, -0.15) is 0 Å². The molecule has 22 heavy (non-hydrogen) atoms. The number of benzene rings is 1. The van der Waals surface area contributed by atoms with Gasteiger partial charge in [-0.15, -0.1) is 0 Å². The molecule has 1 fully saturated rings. The summed E-state index contributed by atoms with van der Waals surface area (Å²) in [6.45, 7) is 3.12. The van der Waals surface area contributed by atoms with Crippen LogP contribution in [0.5, 0.6) is 0 Å². The molecular weight excluding hydrogens is 282 g/mol. The van der Waals surface area contributed by atoms with E-state index in [1.54, 1.807) is 31.2 Å². The van der Waals surface area contributed by atoms with Crippen LogP contribution >= 0.6 is 0 Å². The molecule has 1 atom stereocenters. The number of amides is 1. The van der Waals surface area contributed by atoms with E-state index in [9.17, 15) is 14.7 Å². The smallest absolute Gasteiger partial charge is 0.334 e. The van der Waals surface area contributed by atoms with Gasteiger partial charge in [-0.25, -0.2) is 4.79 Å². The Hall–Kier alpha value is -1.88. The van der Waals surface area contributed by atoms with Gasteiger partial charge in [0.25, 0.3) is 0 Å². The van der Waals surface area contributed by atoms with Crippen molar-refractivity contribution in [3.8, 4) is 0 Å². The lowest BCUT2D eigenvalue weighted by Crippen LogP contribution is -2.51. The van der Waals surface area contributed by atoms with Crippen molar-refractivity contribution >= 4 is 11.9 Å². The minimum atomic E-state index is -1.36. The summed E-state index contributed by atoms with van der Waals surface area (Å²) < 4.78 is 5.29. The number of carboxylic acids is 1. The number of rotatable bonds is 6. The Bertz CT molecular complexity index is 511. The summed E-state index contributed by atoms with van der Waals surface area (Å²) in [6, 6.07) is 8.88. The predicted molar refractivity (Wildman–Crippen MR) is 82.3 cm³/mol. The van der Waals surface area contributed by atoms with Gasteiger partial charge >= 0.3 is 5.97 Å². The Morgan fingerprint density at radius 1 is 1.27 bits per heavy atom. The zero-order valence-electron chi connectivity index (χ0n) is 12.9. The fourth-order valence-electron chi connectivity index (χ4n) is 2.92. The van der Waals surface area contributed by atoms with E-state index in [0.717, 1.165) is 12.8 Å². The monoisotopic (exact) mass is 305 g/mol. The number of carboxylic acid groups (broad SMARTS) is 1. The molecule has 1 saturated heterocycles. The van der Waals surface area contributed by atoms with E-state index in [0.29, 0.717) is 31.6 Å². The van der Waals surface area contributed by atoms with Crippen LogP contribution in [-0.2, 0) is 19.9 Å². The third-order valence-corrected chi connectivity index (χ3v) is 4.33. The van der Waals surface area contributed by atoms with E-state index in [1.807, 2.05) is 6.07 Å². The van der Waals surface area contributed by atoms with Gasteiger partial charge in [0, 0.05) is 19.6 Å². The molecule has 1 unspecified atom stereocenters. The van der Waals surface area contributed by atoms with Crippen LogP contribution in [0.4, 0.5) is 0 Å². The molecular formula is C17H23NO4. The molecule has 0 bridgehead atoms. The fraction of sp³-hybridized carbons (Fsp3) is 0.529. The van der Waals surface area contributed by atoms with Gasteiger partial charge in [-0.3, -0.25) is 4.79 Å². The van der Waals surface area contributed by atoms with Crippen LogP contribution in [0.1, 0.15) is 38.2 Å². The Morgan fingerprint density at radius 2 is 1.91 bits per heavy atom. The number of ether oxygens (including phenoxy) is 1. The standard InChI is InChI=1S/C17H23NO4/c1-2-17(16(20)21,14-6-4-3-5-7-14)18-15(19)12-13-8-10-22-11-9-13/h3-7,13H,2,8-12H2,1H3,(H,18,19)(H,20,21). The van der Waals surface area contributed by atoms with E-state index >= 15 is 0 Å². The number of carbonyl (C=O) groups is 2. The van der Waals surface area contributed by atoms with Gasteiger partial charge in [0.1, 0.15) is 0 Å². The highest BCUT2D eigenvalue weighted by Crippen LogP contribution is 2.27. The highest BCUT2D eigenvalue weighted by Gasteiger charge is 2.40. The summed E-state index contributed by atoms with van der Waals surface area (Å²) >= 11 is 0. The SMILES string of the molecule is CCC(NC(=O)CC1CCOCC1)(C(=O)O)c1ccccc1. The number of hydrogen-bond donors (Lipinski definition) is 2. The highest BCUT2D eigenvalue weighted by atomic mass is 16.5. The average Bonchev–Trinajstić information content (AvgIpc) is 2.54. The minimum Gasteiger partial charge on any atom is -0.479 e. The lowest BCUT2D eigenvalue weighted by atomic mass is 9.86. The lowest BCUT2D eigenvalue weighted by molar-refractivity contribution is -0.148. The molecule has 1 aliphatic rings. The van der Waals surface area contributed by atoms with Crippen molar-refractivity contribution in [1.82, 2.24) is 5.32 Å². The lowest BCUT2D eigenvalue weighted by Gasteiger charge is -2.31. The molecule has 120 valence electrons. The van der Waals surface area contributed by atoms with E-state index in [-0.39, 0.29) is 11.8 Å². The molecule has 2 N–H and O–H groups in total. The van der Waals surface area contributed by atoms with Crippen molar-refractivity contribution in [3.05, 3.63) is 35.9 Å². The summed E-state index contributed by atoms with van der Waals surface area (Å²) in [7, 11) is 0. The van der Waals surface area contributed by atoms with Crippen molar-refractivity contribution in [1.29, 1.82) is 0 Å². The van der Waals surface area contributed by atoms with Gasteiger partial charge in [-0.05, 0) is 30.7 Å². The first-order chi connectivity index (χ1) is 10.6. The molecule has 1 aliphatic heterocycles. The molecule has 0 radical (unpaired) electrons. The first-order valence-corrected chi connectivity index (χ1v) is 7.76. The van der Waals surface area contributed by atoms with Gasteiger partial charge in [-0.1, -0.05) is 37.3 Å². The molecule has 0 aromatic heterocycles. The molecule has 0 spiro atoms. The first-order valence-electron chi connectivity index (χ1n) is 7.76. The van der Waals surface area contributed by atoms with E-state index < -0.39 is 11.5 Å². The number of hydrogen-bond acceptors (Lipinski definition) is 3. The van der Waals surface area contributed by atoms with Crippen LogP contribution in [0, 0.1) is 5.92 Å². The second-order valence-electron chi connectivity index (χ2n) is 5.74. The van der Waals surface area contributed by atoms with Crippen LogP contribution in [0.25, 0.3) is 0 Å². The van der Waals surface area contributed by atoms with E-state index in [2.05, 4.69) is 5.32 Å².